The van der Waals surface area contributed by atoms with Crippen molar-refractivity contribution in [2.75, 3.05) is 5.32 Å². The van der Waals surface area contributed by atoms with E-state index in [9.17, 15) is 5.11 Å². The van der Waals surface area contributed by atoms with E-state index in [1.165, 1.54) is 5.39 Å². The maximum absolute atomic E-state index is 9.99. The third kappa shape index (κ3) is 3.42. The van der Waals surface area contributed by atoms with Crippen LogP contribution in [0.1, 0.15) is 17.2 Å². The van der Waals surface area contributed by atoms with Crippen molar-refractivity contribution in [2.45, 2.75) is 6.04 Å². The largest absolute Gasteiger partial charge is 0.508 e. The molecule has 3 aromatic carbocycles. The van der Waals surface area contributed by atoms with E-state index < -0.39 is 0 Å². The molecule has 152 valence electrons. The number of rotatable bonds is 5. The van der Waals surface area contributed by atoms with E-state index >= 15 is 0 Å². The molecule has 4 heteroatoms. The first-order valence-corrected chi connectivity index (χ1v) is 10.2. The predicted molar refractivity (Wildman–Crippen MR) is 128 cm³/mol. The zero-order chi connectivity index (χ0) is 21.4. The van der Waals surface area contributed by atoms with Gasteiger partial charge in [-0.1, -0.05) is 49.0 Å². The molecule has 0 aliphatic heterocycles. The zero-order valence-electron chi connectivity index (χ0n) is 17.3. The molecule has 2 aromatic heterocycles. The molecule has 31 heavy (non-hydrogen) atoms. The average Bonchev–Trinajstić information content (AvgIpc) is 3.14. The van der Waals surface area contributed by atoms with Gasteiger partial charge in [0, 0.05) is 59.2 Å². The molecule has 0 bridgehead atoms. The third-order valence-electron chi connectivity index (χ3n) is 5.77. The summed E-state index contributed by atoms with van der Waals surface area (Å²) < 4.78 is 2.13. The molecule has 0 radical (unpaired) electrons. The van der Waals surface area contributed by atoms with Gasteiger partial charge >= 0.3 is 0 Å². The van der Waals surface area contributed by atoms with Crippen LogP contribution in [0.15, 0.2) is 98.0 Å². The first-order valence-electron chi connectivity index (χ1n) is 10.2. The monoisotopic (exact) mass is 405 g/mol. The van der Waals surface area contributed by atoms with Crippen LogP contribution in [0.4, 0.5) is 5.69 Å². The minimum absolute atomic E-state index is 0.196. The van der Waals surface area contributed by atoms with Crippen molar-refractivity contribution in [1.29, 1.82) is 0 Å². The lowest BCUT2D eigenvalue weighted by molar-refractivity contribution is 0.475. The van der Waals surface area contributed by atoms with Crippen LogP contribution in [0.3, 0.4) is 0 Å². The van der Waals surface area contributed by atoms with Crippen LogP contribution in [0.2, 0.25) is 0 Å². The summed E-state index contributed by atoms with van der Waals surface area (Å²) in [5, 5.41) is 17.0. The molecule has 2 heterocycles. The minimum atomic E-state index is -0.196. The first-order chi connectivity index (χ1) is 15.1. The Labute approximate surface area is 181 Å². The first kappa shape index (κ1) is 18.9. The van der Waals surface area contributed by atoms with Gasteiger partial charge in [0.2, 0.25) is 0 Å². The van der Waals surface area contributed by atoms with Gasteiger partial charge in [0.1, 0.15) is 5.75 Å². The standard InChI is InChI=1S/C27H23N3O/c1-18(25-17-30(2)26-12-4-3-10-23(25)26)27(29-20-8-6-9-21(31)15-20)24-11-5-7-19-16-28-14-13-22(19)24/h3-17,27,29,31H,1H2,2H3. The summed E-state index contributed by atoms with van der Waals surface area (Å²) in [6.45, 7) is 4.54. The normalized spacial score (nSPS) is 12.2. The van der Waals surface area contributed by atoms with Crippen LogP contribution < -0.4 is 5.32 Å². The van der Waals surface area contributed by atoms with Gasteiger partial charge in [-0.05, 0) is 40.8 Å². The number of phenolic OH excluding ortho intramolecular Hbond substituents is 1. The van der Waals surface area contributed by atoms with Crippen molar-refractivity contribution < 1.29 is 5.11 Å². The summed E-state index contributed by atoms with van der Waals surface area (Å²) in [6, 6.07) is 23.6. The minimum Gasteiger partial charge on any atom is -0.508 e. The molecule has 0 aliphatic carbocycles. The van der Waals surface area contributed by atoms with Gasteiger partial charge in [0.25, 0.3) is 0 Å². The molecule has 0 amide bonds. The summed E-state index contributed by atoms with van der Waals surface area (Å²) >= 11 is 0. The Morgan fingerprint density at radius 3 is 2.71 bits per heavy atom. The molecule has 5 aromatic rings. The van der Waals surface area contributed by atoms with E-state index in [0.29, 0.717) is 0 Å². The summed E-state index contributed by atoms with van der Waals surface area (Å²) in [6.07, 6.45) is 5.83. The fourth-order valence-corrected chi connectivity index (χ4v) is 4.27. The number of para-hydroxylation sites is 1. The molecule has 0 saturated carbocycles. The summed E-state index contributed by atoms with van der Waals surface area (Å²) in [4.78, 5) is 4.28. The number of aromatic nitrogens is 2. The second kappa shape index (κ2) is 7.65. The van der Waals surface area contributed by atoms with Crippen LogP contribution >= 0.6 is 0 Å². The van der Waals surface area contributed by atoms with Crippen molar-refractivity contribution in [3.05, 3.63) is 109 Å². The number of pyridine rings is 1. The maximum atomic E-state index is 9.99. The molecule has 0 saturated heterocycles. The summed E-state index contributed by atoms with van der Waals surface area (Å²) in [5.41, 5.74) is 5.17. The lowest BCUT2D eigenvalue weighted by atomic mass is 9.90. The smallest absolute Gasteiger partial charge is 0.117 e. The molecule has 5 rings (SSSR count). The fraction of sp³-hybridized carbons (Fsp3) is 0.0741. The second-order valence-corrected chi connectivity index (χ2v) is 7.77. The lowest BCUT2D eigenvalue weighted by Crippen LogP contribution is -2.13. The number of aromatic hydroxyl groups is 1. The SMILES string of the molecule is C=C(c1cn(C)c2ccccc12)C(Nc1cccc(O)c1)c1cccc2cnccc12. The fourth-order valence-electron chi connectivity index (χ4n) is 4.27. The highest BCUT2D eigenvalue weighted by atomic mass is 16.3. The highest BCUT2D eigenvalue weighted by molar-refractivity contribution is 5.96. The molecule has 2 N–H and O–H groups in total. The molecule has 0 aliphatic rings. The van der Waals surface area contributed by atoms with Crippen molar-refractivity contribution in [3.8, 4) is 5.75 Å². The molecule has 1 atom stereocenters. The van der Waals surface area contributed by atoms with Crippen LogP contribution in [-0.2, 0) is 7.05 Å². The van der Waals surface area contributed by atoms with Crippen molar-refractivity contribution >= 4 is 32.9 Å². The van der Waals surface area contributed by atoms with E-state index in [0.717, 1.165) is 38.7 Å². The van der Waals surface area contributed by atoms with Gasteiger partial charge in [-0.2, -0.15) is 0 Å². The van der Waals surface area contributed by atoms with E-state index in [2.05, 4.69) is 71.1 Å². The number of hydrogen-bond acceptors (Lipinski definition) is 3. The predicted octanol–water partition coefficient (Wildman–Crippen LogP) is 6.30. The van der Waals surface area contributed by atoms with Crippen molar-refractivity contribution in [2.24, 2.45) is 7.05 Å². The molecular formula is C27H23N3O. The number of fused-ring (bicyclic) bond motifs is 2. The second-order valence-electron chi connectivity index (χ2n) is 7.77. The van der Waals surface area contributed by atoms with Gasteiger partial charge in [-0.3, -0.25) is 4.98 Å². The molecule has 0 fully saturated rings. The highest BCUT2D eigenvalue weighted by Crippen LogP contribution is 2.39. The number of hydrogen-bond donors (Lipinski definition) is 2. The molecule has 4 nitrogen and oxygen atoms in total. The van der Waals surface area contributed by atoms with E-state index in [-0.39, 0.29) is 11.8 Å². The Balaban J connectivity index is 1.68. The van der Waals surface area contributed by atoms with E-state index in [4.69, 9.17) is 0 Å². The van der Waals surface area contributed by atoms with E-state index in [1.807, 2.05) is 36.7 Å². The Kier molecular flexibility index (Phi) is 4.68. The molecule has 1 unspecified atom stereocenters. The van der Waals surface area contributed by atoms with E-state index in [1.54, 1.807) is 12.1 Å². The van der Waals surface area contributed by atoms with Gasteiger partial charge in [0.15, 0.2) is 0 Å². The number of aryl methyl sites for hydroxylation is 1. The highest BCUT2D eigenvalue weighted by Gasteiger charge is 2.22. The van der Waals surface area contributed by atoms with Crippen LogP contribution in [0.25, 0.3) is 27.2 Å². The van der Waals surface area contributed by atoms with Crippen LogP contribution in [0, 0.1) is 0 Å². The number of phenols is 1. The lowest BCUT2D eigenvalue weighted by Gasteiger charge is -2.24. The van der Waals surface area contributed by atoms with Crippen molar-refractivity contribution in [3.63, 3.8) is 0 Å². The van der Waals surface area contributed by atoms with Gasteiger partial charge in [-0.25, -0.2) is 0 Å². The third-order valence-corrected chi connectivity index (χ3v) is 5.77. The number of anilines is 1. The summed E-state index contributed by atoms with van der Waals surface area (Å²) in [7, 11) is 2.06. The Morgan fingerprint density at radius 1 is 1.00 bits per heavy atom. The number of benzene rings is 3. The van der Waals surface area contributed by atoms with Crippen LogP contribution in [0.5, 0.6) is 5.75 Å². The van der Waals surface area contributed by atoms with Gasteiger partial charge in [0.05, 0.1) is 6.04 Å². The van der Waals surface area contributed by atoms with Crippen LogP contribution in [-0.4, -0.2) is 14.7 Å². The number of nitrogens with zero attached hydrogens (tertiary/aromatic N) is 2. The Bertz CT molecular complexity index is 1410. The number of nitrogens with one attached hydrogen (secondary N) is 1. The van der Waals surface area contributed by atoms with Crippen molar-refractivity contribution in [1.82, 2.24) is 9.55 Å². The molecular weight excluding hydrogens is 382 g/mol. The maximum Gasteiger partial charge on any atom is 0.117 e. The Hall–Kier alpha value is -4.05. The zero-order valence-corrected chi connectivity index (χ0v) is 17.3. The Morgan fingerprint density at radius 2 is 1.84 bits per heavy atom. The quantitative estimate of drug-likeness (QED) is 0.361. The van der Waals surface area contributed by atoms with Gasteiger partial charge in [-0.15, -0.1) is 0 Å². The van der Waals surface area contributed by atoms with Gasteiger partial charge < -0.3 is 15.0 Å². The summed E-state index contributed by atoms with van der Waals surface area (Å²) in [5.74, 6) is 0.224. The topological polar surface area (TPSA) is 50.1 Å². The average molecular weight is 406 g/mol. The molecule has 0 spiro atoms.